The van der Waals surface area contributed by atoms with E-state index in [1.807, 2.05) is 6.08 Å². The lowest BCUT2D eigenvalue weighted by Crippen LogP contribution is -2.41. The summed E-state index contributed by atoms with van der Waals surface area (Å²) in [5.74, 6) is -0.537. The molecule has 5 nitrogen and oxygen atoms in total. The fourth-order valence-electron chi connectivity index (χ4n) is 3.11. The fourth-order valence-corrected chi connectivity index (χ4v) is 4.18. The van der Waals surface area contributed by atoms with E-state index in [4.69, 9.17) is 16.3 Å². The van der Waals surface area contributed by atoms with Crippen molar-refractivity contribution in [3.63, 3.8) is 0 Å². The van der Waals surface area contributed by atoms with Crippen molar-refractivity contribution in [1.29, 1.82) is 0 Å². The molecular formula is C17H20ClFNO4S-. The second kappa shape index (κ2) is 8.29. The highest BCUT2D eigenvalue weighted by Gasteiger charge is 2.32. The number of allylic oxidation sites excluding steroid dienone is 1. The molecule has 138 valence electrons. The number of carbonyl (C=O) groups excluding carboxylic acids is 1. The van der Waals surface area contributed by atoms with Crippen LogP contribution in [0, 0.1) is 11.2 Å². The third-order valence-electron chi connectivity index (χ3n) is 4.23. The number of anilines is 1. The van der Waals surface area contributed by atoms with Crippen molar-refractivity contribution < 1.29 is 22.7 Å². The van der Waals surface area contributed by atoms with Gasteiger partial charge in [-0.25, -0.2) is 4.39 Å². The predicted molar refractivity (Wildman–Crippen MR) is 94.3 cm³/mol. The van der Waals surface area contributed by atoms with Gasteiger partial charge in [0.15, 0.2) is 0 Å². The number of nitrogens with zero attached hydrogens (tertiary/aromatic N) is 1. The van der Waals surface area contributed by atoms with E-state index in [-0.39, 0.29) is 22.7 Å². The van der Waals surface area contributed by atoms with Gasteiger partial charge < -0.3 is 9.29 Å². The predicted octanol–water partition coefficient (Wildman–Crippen LogP) is 3.76. The van der Waals surface area contributed by atoms with Crippen molar-refractivity contribution >= 4 is 35.0 Å². The summed E-state index contributed by atoms with van der Waals surface area (Å²) in [6, 6.07) is 3.16. The zero-order valence-electron chi connectivity index (χ0n) is 14.0. The molecule has 0 saturated heterocycles. The first-order valence-corrected chi connectivity index (χ1v) is 9.26. The molecule has 0 saturated carbocycles. The number of rotatable bonds is 7. The summed E-state index contributed by atoms with van der Waals surface area (Å²) in [7, 11) is 0. The van der Waals surface area contributed by atoms with Crippen LogP contribution in [0.4, 0.5) is 10.1 Å². The maximum absolute atomic E-state index is 13.3. The first kappa shape index (κ1) is 19.9. The zero-order valence-corrected chi connectivity index (χ0v) is 15.6. The highest BCUT2D eigenvalue weighted by molar-refractivity contribution is 7.80. The molecular weight excluding hydrogens is 369 g/mol. The van der Waals surface area contributed by atoms with Gasteiger partial charge in [-0.05, 0) is 42.0 Å². The number of hydrogen-bond donors (Lipinski definition) is 0. The molecule has 0 aliphatic heterocycles. The van der Waals surface area contributed by atoms with Crippen LogP contribution >= 0.6 is 11.6 Å². The van der Waals surface area contributed by atoms with Crippen molar-refractivity contribution in [3.05, 3.63) is 40.7 Å². The summed E-state index contributed by atoms with van der Waals surface area (Å²) in [6.45, 7) is 4.66. The number of halogens is 2. The Labute approximate surface area is 154 Å². The smallest absolute Gasteiger partial charge is 0.293 e. The van der Waals surface area contributed by atoms with E-state index < -0.39 is 23.1 Å². The van der Waals surface area contributed by atoms with Gasteiger partial charge in [0.05, 0.1) is 23.4 Å². The van der Waals surface area contributed by atoms with E-state index in [9.17, 15) is 17.9 Å². The van der Waals surface area contributed by atoms with Crippen LogP contribution in [-0.4, -0.2) is 27.9 Å². The zero-order chi connectivity index (χ0) is 18.6. The van der Waals surface area contributed by atoms with Gasteiger partial charge in [0.25, 0.3) is 6.47 Å². The Morgan fingerprint density at radius 1 is 1.52 bits per heavy atom. The van der Waals surface area contributed by atoms with Crippen LogP contribution in [0.5, 0.6) is 0 Å². The average molecular weight is 389 g/mol. The third-order valence-corrected chi connectivity index (χ3v) is 5.31. The van der Waals surface area contributed by atoms with Crippen LogP contribution < -0.4 is 4.31 Å². The number of benzene rings is 1. The molecule has 0 N–H and O–H groups in total. The van der Waals surface area contributed by atoms with E-state index in [1.165, 1.54) is 16.4 Å². The molecule has 1 aromatic rings. The summed E-state index contributed by atoms with van der Waals surface area (Å²) < 4.78 is 43.1. The topological polar surface area (TPSA) is 69.7 Å². The van der Waals surface area contributed by atoms with E-state index in [1.54, 1.807) is 0 Å². The highest BCUT2D eigenvalue weighted by Crippen LogP contribution is 2.40. The van der Waals surface area contributed by atoms with Crippen LogP contribution in [-0.2, 0) is 20.8 Å². The van der Waals surface area contributed by atoms with Gasteiger partial charge in [-0.1, -0.05) is 31.5 Å². The Hall–Kier alpha value is -1.44. The Morgan fingerprint density at radius 2 is 2.24 bits per heavy atom. The molecule has 0 aromatic heterocycles. The molecule has 1 aliphatic carbocycles. The van der Waals surface area contributed by atoms with Gasteiger partial charge >= 0.3 is 0 Å². The monoisotopic (exact) mass is 388 g/mol. The van der Waals surface area contributed by atoms with Gasteiger partial charge in [0.1, 0.15) is 5.82 Å². The van der Waals surface area contributed by atoms with E-state index in [2.05, 4.69) is 13.8 Å². The Kier molecular flexibility index (Phi) is 6.59. The van der Waals surface area contributed by atoms with Crippen molar-refractivity contribution in [2.24, 2.45) is 5.41 Å². The van der Waals surface area contributed by atoms with Crippen molar-refractivity contribution in [3.8, 4) is 0 Å². The van der Waals surface area contributed by atoms with Gasteiger partial charge in [-0.2, -0.15) is 0 Å². The molecule has 2 unspecified atom stereocenters. The molecule has 1 aromatic carbocycles. The number of hydrogen-bond acceptors (Lipinski definition) is 4. The molecule has 0 radical (unpaired) electrons. The van der Waals surface area contributed by atoms with Crippen LogP contribution in [0.1, 0.15) is 33.1 Å². The molecule has 2 rings (SSSR count). The fraction of sp³-hybridized carbons (Fsp3) is 0.471. The van der Waals surface area contributed by atoms with Crippen molar-refractivity contribution in [2.75, 3.05) is 10.9 Å². The van der Waals surface area contributed by atoms with Gasteiger partial charge in [0, 0.05) is 17.7 Å². The molecule has 0 spiro atoms. The Balaban J connectivity index is 2.41. The summed E-state index contributed by atoms with van der Waals surface area (Å²) in [6.07, 6.45) is 3.80. The minimum Gasteiger partial charge on any atom is -0.755 e. The van der Waals surface area contributed by atoms with Crippen LogP contribution in [0.2, 0.25) is 5.02 Å². The first-order chi connectivity index (χ1) is 11.7. The Morgan fingerprint density at radius 3 is 2.84 bits per heavy atom. The molecule has 8 heteroatoms. The molecule has 1 aliphatic rings. The minimum atomic E-state index is -2.60. The molecule has 25 heavy (non-hydrogen) atoms. The summed E-state index contributed by atoms with van der Waals surface area (Å²) in [4.78, 5) is 10.4. The number of carbonyl (C=O) groups is 1. The maximum atomic E-state index is 13.3. The Bertz CT molecular complexity index is 695. The maximum Gasteiger partial charge on any atom is 0.293 e. The molecule has 0 fully saturated rings. The summed E-state index contributed by atoms with van der Waals surface area (Å²) in [5.41, 5.74) is 0.987. The normalized spacial score (nSPS) is 20.5. The van der Waals surface area contributed by atoms with Gasteiger partial charge in [0.2, 0.25) is 0 Å². The lowest BCUT2D eigenvalue weighted by atomic mass is 9.76. The second-order valence-electron chi connectivity index (χ2n) is 6.62. The standard InChI is InChI=1S/C17H21ClFNO4S/c1-17(2)7-5-15(12(10-17)6-8-24-11-21)20(25(22)23)16-4-3-13(19)9-14(16)18/h3-4,9-11,15H,5-8H2,1-2H3,(H,22,23)/p-1. The summed E-state index contributed by atoms with van der Waals surface area (Å²) >= 11 is 3.48. The first-order valence-electron chi connectivity index (χ1n) is 7.86. The number of ether oxygens (including phenoxy) is 1. The minimum absolute atomic E-state index is 0.0255. The SMILES string of the molecule is CC1(C)C=C(CCOC=O)C(N(c2ccc(F)cc2Cl)S(=O)[O-])CC1. The van der Waals surface area contributed by atoms with Crippen LogP contribution in [0.25, 0.3) is 0 Å². The van der Waals surface area contributed by atoms with E-state index in [0.29, 0.717) is 19.3 Å². The molecule has 0 heterocycles. The van der Waals surface area contributed by atoms with Crippen molar-refractivity contribution in [1.82, 2.24) is 0 Å². The quantitative estimate of drug-likeness (QED) is 0.308. The van der Waals surface area contributed by atoms with Gasteiger partial charge in [-0.3, -0.25) is 13.3 Å². The van der Waals surface area contributed by atoms with E-state index in [0.717, 1.165) is 18.1 Å². The van der Waals surface area contributed by atoms with Gasteiger partial charge in [-0.15, -0.1) is 0 Å². The van der Waals surface area contributed by atoms with Crippen LogP contribution in [0.15, 0.2) is 29.8 Å². The van der Waals surface area contributed by atoms with Crippen molar-refractivity contribution in [2.45, 2.75) is 39.2 Å². The van der Waals surface area contributed by atoms with Crippen LogP contribution in [0.3, 0.4) is 0 Å². The lowest BCUT2D eigenvalue weighted by Gasteiger charge is -2.41. The lowest BCUT2D eigenvalue weighted by molar-refractivity contribution is -0.128. The molecule has 2 atom stereocenters. The molecule has 0 amide bonds. The molecule has 0 bridgehead atoms. The highest BCUT2D eigenvalue weighted by atomic mass is 35.5. The van der Waals surface area contributed by atoms with E-state index >= 15 is 0 Å². The average Bonchev–Trinajstić information content (AvgIpc) is 2.51. The largest absolute Gasteiger partial charge is 0.755 e. The summed E-state index contributed by atoms with van der Waals surface area (Å²) in [5, 5.41) is 0.0255. The third kappa shape index (κ3) is 5.03. The second-order valence-corrected chi connectivity index (χ2v) is 7.85.